The standard InChI is InChI=1S/C26H37NO2/c1-3-5-6-7-8-9-10-14-17-25(22-15-12-11-13-16-22)27-24-20-18-23(19-21-24)26(28)29-4-2/h11-13,15-16,18-21,25,27H,3-10,14,17H2,1-2H3. The third-order valence-electron chi connectivity index (χ3n) is 5.29. The summed E-state index contributed by atoms with van der Waals surface area (Å²) in [4.78, 5) is 11.8. The van der Waals surface area contributed by atoms with Crippen molar-refractivity contribution in [3.63, 3.8) is 0 Å². The van der Waals surface area contributed by atoms with Gasteiger partial charge in [-0.05, 0) is 43.2 Å². The molecule has 0 saturated heterocycles. The molecule has 29 heavy (non-hydrogen) atoms. The SMILES string of the molecule is CCCCCCCCCCC(Nc1ccc(C(=O)OCC)cc1)c1ccccc1. The maximum absolute atomic E-state index is 11.8. The van der Waals surface area contributed by atoms with Gasteiger partial charge in [-0.25, -0.2) is 4.79 Å². The first-order valence-corrected chi connectivity index (χ1v) is 11.3. The fraction of sp³-hybridized carbons (Fsp3) is 0.500. The summed E-state index contributed by atoms with van der Waals surface area (Å²) in [6, 6.07) is 18.5. The molecular formula is C26H37NO2. The van der Waals surface area contributed by atoms with E-state index >= 15 is 0 Å². The molecule has 0 aliphatic carbocycles. The highest BCUT2D eigenvalue weighted by molar-refractivity contribution is 5.89. The van der Waals surface area contributed by atoms with Crippen LogP contribution in [0.4, 0.5) is 5.69 Å². The molecule has 0 aromatic heterocycles. The lowest BCUT2D eigenvalue weighted by Gasteiger charge is -2.21. The van der Waals surface area contributed by atoms with E-state index < -0.39 is 0 Å². The van der Waals surface area contributed by atoms with E-state index in [0.717, 1.165) is 12.1 Å². The average Bonchev–Trinajstić information content (AvgIpc) is 2.76. The lowest BCUT2D eigenvalue weighted by Crippen LogP contribution is -2.11. The van der Waals surface area contributed by atoms with Crippen molar-refractivity contribution in [2.45, 2.75) is 77.7 Å². The minimum Gasteiger partial charge on any atom is -0.462 e. The Morgan fingerprint density at radius 2 is 1.45 bits per heavy atom. The number of carbonyl (C=O) groups is 1. The molecule has 0 amide bonds. The molecule has 2 aromatic carbocycles. The van der Waals surface area contributed by atoms with Crippen LogP contribution in [-0.4, -0.2) is 12.6 Å². The molecule has 1 N–H and O–H groups in total. The molecule has 0 fully saturated rings. The summed E-state index contributed by atoms with van der Waals surface area (Å²) in [6.45, 7) is 4.48. The number of rotatable bonds is 14. The molecule has 1 atom stereocenters. The number of esters is 1. The molecule has 2 rings (SSSR count). The molecule has 3 heteroatoms. The molecule has 1 unspecified atom stereocenters. The minimum atomic E-state index is -0.266. The molecule has 0 aliphatic heterocycles. The van der Waals surface area contributed by atoms with E-state index in [-0.39, 0.29) is 12.0 Å². The van der Waals surface area contributed by atoms with E-state index in [1.54, 1.807) is 0 Å². The van der Waals surface area contributed by atoms with Crippen molar-refractivity contribution in [1.82, 2.24) is 0 Å². The van der Waals surface area contributed by atoms with Crippen molar-refractivity contribution in [2.75, 3.05) is 11.9 Å². The Kier molecular flexibility index (Phi) is 11.0. The van der Waals surface area contributed by atoms with Crippen LogP contribution in [0.3, 0.4) is 0 Å². The smallest absolute Gasteiger partial charge is 0.338 e. The summed E-state index contributed by atoms with van der Waals surface area (Å²) in [5.41, 5.74) is 2.94. The quantitative estimate of drug-likeness (QED) is 0.265. The second-order valence-corrected chi connectivity index (χ2v) is 7.67. The average molecular weight is 396 g/mol. The Morgan fingerprint density at radius 1 is 0.828 bits per heavy atom. The van der Waals surface area contributed by atoms with Gasteiger partial charge in [-0.15, -0.1) is 0 Å². The lowest BCUT2D eigenvalue weighted by atomic mass is 9.99. The van der Waals surface area contributed by atoms with Gasteiger partial charge in [-0.1, -0.05) is 88.6 Å². The summed E-state index contributed by atoms with van der Waals surface area (Å²) in [5, 5.41) is 3.66. The molecule has 0 radical (unpaired) electrons. The van der Waals surface area contributed by atoms with Crippen LogP contribution in [0.5, 0.6) is 0 Å². The first-order chi connectivity index (χ1) is 14.2. The third-order valence-corrected chi connectivity index (χ3v) is 5.29. The Hall–Kier alpha value is -2.29. The number of benzene rings is 2. The van der Waals surface area contributed by atoms with Crippen LogP contribution < -0.4 is 5.32 Å². The highest BCUT2D eigenvalue weighted by Crippen LogP contribution is 2.25. The van der Waals surface area contributed by atoms with Crippen molar-refractivity contribution in [3.8, 4) is 0 Å². The van der Waals surface area contributed by atoms with Gasteiger partial charge < -0.3 is 10.1 Å². The van der Waals surface area contributed by atoms with E-state index in [1.165, 1.54) is 56.9 Å². The fourth-order valence-electron chi connectivity index (χ4n) is 3.61. The third kappa shape index (κ3) is 8.72. The van der Waals surface area contributed by atoms with Crippen molar-refractivity contribution in [3.05, 3.63) is 65.7 Å². The van der Waals surface area contributed by atoms with Crippen molar-refractivity contribution < 1.29 is 9.53 Å². The molecule has 2 aromatic rings. The molecule has 0 spiro atoms. The van der Waals surface area contributed by atoms with E-state index in [2.05, 4.69) is 42.6 Å². The number of unbranched alkanes of at least 4 members (excludes halogenated alkanes) is 7. The monoisotopic (exact) mass is 395 g/mol. The van der Waals surface area contributed by atoms with Crippen LogP contribution >= 0.6 is 0 Å². The minimum absolute atomic E-state index is 0.266. The zero-order chi connectivity index (χ0) is 20.7. The molecular weight excluding hydrogens is 358 g/mol. The molecule has 0 heterocycles. The van der Waals surface area contributed by atoms with Gasteiger partial charge in [0.05, 0.1) is 18.2 Å². The number of carbonyl (C=O) groups excluding carboxylic acids is 1. The summed E-state index contributed by atoms with van der Waals surface area (Å²) in [5.74, 6) is -0.266. The Bertz CT molecular complexity index is 682. The van der Waals surface area contributed by atoms with E-state index in [1.807, 2.05) is 31.2 Å². The lowest BCUT2D eigenvalue weighted by molar-refractivity contribution is 0.0526. The predicted molar refractivity (Wildman–Crippen MR) is 122 cm³/mol. The Labute approximate surface area is 176 Å². The zero-order valence-electron chi connectivity index (χ0n) is 18.2. The van der Waals surface area contributed by atoms with E-state index in [9.17, 15) is 4.79 Å². The fourth-order valence-corrected chi connectivity index (χ4v) is 3.61. The van der Waals surface area contributed by atoms with Crippen LogP contribution in [0.1, 0.15) is 93.6 Å². The maximum atomic E-state index is 11.8. The normalized spacial score (nSPS) is 11.8. The second-order valence-electron chi connectivity index (χ2n) is 7.67. The van der Waals surface area contributed by atoms with Gasteiger partial charge >= 0.3 is 5.97 Å². The number of anilines is 1. The van der Waals surface area contributed by atoms with Gasteiger partial charge in [0.1, 0.15) is 0 Å². The predicted octanol–water partition coefficient (Wildman–Crippen LogP) is 7.55. The van der Waals surface area contributed by atoms with Gasteiger partial charge in [-0.3, -0.25) is 0 Å². The van der Waals surface area contributed by atoms with Crippen LogP contribution in [0.2, 0.25) is 0 Å². The Morgan fingerprint density at radius 3 is 2.07 bits per heavy atom. The highest BCUT2D eigenvalue weighted by atomic mass is 16.5. The molecule has 0 saturated carbocycles. The van der Waals surface area contributed by atoms with Gasteiger partial charge in [0.2, 0.25) is 0 Å². The van der Waals surface area contributed by atoms with Crippen molar-refractivity contribution in [1.29, 1.82) is 0 Å². The van der Waals surface area contributed by atoms with Gasteiger partial charge in [0, 0.05) is 5.69 Å². The van der Waals surface area contributed by atoms with Crippen LogP contribution in [0, 0.1) is 0 Å². The molecule has 3 nitrogen and oxygen atoms in total. The summed E-state index contributed by atoms with van der Waals surface area (Å²) < 4.78 is 5.07. The highest BCUT2D eigenvalue weighted by Gasteiger charge is 2.12. The second kappa shape index (κ2) is 13.8. The topological polar surface area (TPSA) is 38.3 Å². The number of hydrogen-bond acceptors (Lipinski definition) is 3. The van der Waals surface area contributed by atoms with Crippen molar-refractivity contribution in [2.24, 2.45) is 0 Å². The summed E-state index contributed by atoms with van der Waals surface area (Å²) in [7, 11) is 0. The molecule has 158 valence electrons. The van der Waals surface area contributed by atoms with E-state index in [0.29, 0.717) is 12.2 Å². The van der Waals surface area contributed by atoms with Gasteiger partial charge in [-0.2, -0.15) is 0 Å². The maximum Gasteiger partial charge on any atom is 0.338 e. The largest absolute Gasteiger partial charge is 0.462 e. The van der Waals surface area contributed by atoms with E-state index in [4.69, 9.17) is 4.74 Å². The Balaban J connectivity index is 1.87. The number of hydrogen-bond donors (Lipinski definition) is 1. The van der Waals surface area contributed by atoms with Crippen LogP contribution in [0.25, 0.3) is 0 Å². The van der Waals surface area contributed by atoms with Gasteiger partial charge in [0.25, 0.3) is 0 Å². The molecule has 0 bridgehead atoms. The number of nitrogens with one attached hydrogen (secondary N) is 1. The number of ether oxygens (including phenoxy) is 1. The zero-order valence-corrected chi connectivity index (χ0v) is 18.2. The summed E-state index contributed by atoms with van der Waals surface area (Å²) in [6.07, 6.45) is 11.8. The summed E-state index contributed by atoms with van der Waals surface area (Å²) >= 11 is 0. The van der Waals surface area contributed by atoms with Crippen molar-refractivity contribution >= 4 is 11.7 Å². The molecule has 0 aliphatic rings. The first-order valence-electron chi connectivity index (χ1n) is 11.3. The van der Waals surface area contributed by atoms with Crippen LogP contribution in [0.15, 0.2) is 54.6 Å². The van der Waals surface area contributed by atoms with Gasteiger partial charge in [0.15, 0.2) is 0 Å². The first kappa shape index (κ1) is 23.0. The van der Waals surface area contributed by atoms with Crippen LogP contribution in [-0.2, 0) is 4.74 Å².